The highest BCUT2D eigenvalue weighted by molar-refractivity contribution is 5.70. The van der Waals surface area contributed by atoms with Crippen LogP contribution in [0.15, 0.2) is 30.3 Å². The topological polar surface area (TPSA) is 91.3 Å². The Morgan fingerprint density at radius 2 is 1.94 bits per heavy atom. The van der Waals surface area contributed by atoms with Crippen molar-refractivity contribution < 1.29 is 33.6 Å². The number of carboxylic acids is 1. The molecule has 1 unspecified atom stereocenters. The van der Waals surface area contributed by atoms with Gasteiger partial charge >= 0.3 is 11.9 Å². The number of hydrogen-bond donors (Lipinski definition) is 1. The van der Waals surface area contributed by atoms with Crippen LogP contribution in [-0.2, 0) is 35.1 Å². The van der Waals surface area contributed by atoms with Gasteiger partial charge in [0, 0.05) is 25.4 Å². The van der Waals surface area contributed by atoms with Crippen LogP contribution in [0.5, 0.6) is 0 Å². The Morgan fingerprint density at radius 1 is 1.13 bits per heavy atom. The second-order valence-corrected chi connectivity index (χ2v) is 8.40. The maximum atomic E-state index is 12.2. The van der Waals surface area contributed by atoms with Gasteiger partial charge < -0.3 is 24.1 Å². The summed E-state index contributed by atoms with van der Waals surface area (Å²) in [6, 6.07) is 9.87. The van der Waals surface area contributed by atoms with Crippen molar-refractivity contribution in [2.45, 2.75) is 64.4 Å². The van der Waals surface area contributed by atoms with Crippen LogP contribution in [0.3, 0.4) is 0 Å². The number of carboxylic acid groups (broad SMARTS) is 1. The Hall–Kier alpha value is -1.96. The molecule has 1 saturated heterocycles. The fourth-order valence-electron chi connectivity index (χ4n) is 4.75. The molecule has 1 N–H and O–H groups in total. The van der Waals surface area contributed by atoms with Crippen LogP contribution in [0.1, 0.15) is 51.0 Å². The molecule has 7 nitrogen and oxygen atoms in total. The number of esters is 1. The smallest absolute Gasteiger partial charge is 0.306 e. The average Bonchev–Trinajstić information content (AvgIpc) is 3.05. The molecule has 1 aromatic rings. The van der Waals surface area contributed by atoms with Gasteiger partial charge in [0.25, 0.3) is 0 Å². The van der Waals surface area contributed by atoms with Crippen LogP contribution in [-0.4, -0.2) is 49.3 Å². The lowest BCUT2D eigenvalue weighted by Crippen LogP contribution is -2.34. The predicted octanol–water partition coefficient (Wildman–Crippen LogP) is 3.80. The van der Waals surface area contributed by atoms with E-state index in [1.54, 1.807) is 6.92 Å². The van der Waals surface area contributed by atoms with Gasteiger partial charge in [0.05, 0.1) is 25.9 Å². The third-order valence-electron chi connectivity index (χ3n) is 6.20. The lowest BCUT2D eigenvalue weighted by Gasteiger charge is -2.30. The van der Waals surface area contributed by atoms with E-state index < -0.39 is 5.97 Å². The fourth-order valence-corrected chi connectivity index (χ4v) is 4.75. The largest absolute Gasteiger partial charge is 0.481 e. The van der Waals surface area contributed by atoms with Crippen LogP contribution in [0.2, 0.25) is 0 Å². The highest BCUT2D eigenvalue weighted by Gasteiger charge is 2.46. The number of carbonyl (C=O) groups excluding carboxylic acids is 1. The summed E-state index contributed by atoms with van der Waals surface area (Å²) in [5.41, 5.74) is 1.06. The molecule has 7 heteroatoms. The molecule has 0 bridgehead atoms. The molecule has 0 aromatic heterocycles. The number of carbonyl (C=O) groups is 2. The first-order valence-electron chi connectivity index (χ1n) is 11.3. The van der Waals surface area contributed by atoms with E-state index in [0.29, 0.717) is 32.8 Å². The summed E-state index contributed by atoms with van der Waals surface area (Å²) in [6.45, 7) is 3.59. The minimum atomic E-state index is -0.874. The highest BCUT2D eigenvalue weighted by atomic mass is 16.7. The Morgan fingerprint density at radius 3 is 2.61 bits per heavy atom. The average molecular weight is 435 g/mol. The Labute approximate surface area is 184 Å². The number of aliphatic carboxylic acids is 1. The van der Waals surface area contributed by atoms with E-state index in [0.717, 1.165) is 24.8 Å². The predicted molar refractivity (Wildman–Crippen MR) is 113 cm³/mol. The van der Waals surface area contributed by atoms with Crippen molar-refractivity contribution in [3.8, 4) is 0 Å². The Bertz CT molecular complexity index is 686. The summed E-state index contributed by atoms with van der Waals surface area (Å²) in [6.07, 6.45) is 3.22. The number of benzene rings is 1. The van der Waals surface area contributed by atoms with Gasteiger partial charge in [0.1, 0.15) is 0 Å². The molecule has 172 valence electrons. The molecule has 2 fully saturated rings. The molecule has 1 saturated carbocycles. The minimum absolute atomic E-state index is 0.0190. The van der Waals surface area contributed by atoms with Crippen LogP contribution >= 0.6 is 0 Å². The molecule has 5 atom stereocenters. The normalized spacial score (nSPS) is 28.4. The molecule has 1 aliphatic heterocycles. The van der Waals surface area contributed by atoms with Crippen molar-refractivity contribution >= 4 is 11.9 Å². The molecule has 1 aliphatic carbocycles. The first-order chi connectivity index (χ1) is 15.1. The van der Waals surface area contributed by atoms with Gasteiger partial charge in [-0.25, -0.2) is 0 Å². The van der Waals surface area contributed by atoms with Crippen molar-refractivity contribution in [3.63, 3.8) is 0 Å². The standard InChI is InChI=1S/C24H34O7/c1-2-29-23(27)13-18-12-21(31-24-10-6-7-11-30-24)20(19(18)14-22(25)26)16-28-15-17-8-4-3-5-9-17/h3-5,8-9,18-21,24H,2,6-7,10-16H2,1H3,(H,25,26)/t18-,19+,20-,21-,24?/m1/s1. The van der Waals surface area contributed by atoms with Crippen molar-refractivity contribution in [1.29, 1.82) is 0 Å². The summed E-state index contributed by atoms with van der Waals surface area (Å²) < 4.78 is 23.2. The Balaban J connectivity index is 1.70. The zero-order valence-electron chi connectivity index (χ0n) is 18.2. The maximum absolute atomic E-state index is 12.2. The number of hydrogen-bond acceptors (Lipinski definition) is 6. The number of ether oxygens (including phenoxy) is 4. The first kappa shape index (κ1) is 23.7. The molecule has 3 rings (SSSR count). The number of rotatable bonds is 11. The van der Waals surface area contributed by atoms with Crippen molar-refractivity contribution in [2.24, 2.45) is 17.8 Å². The molecule has 0 spiro atoms. The minimum Gasteiger partial charge on any atom is -0.481 e. The van der Waals surface area contributed by atoms with Gasteiger partial charge in [-0.2, -0.15) is 0 Å². The molecule has 0 amide bonds. The van der Waals surface area contributed by atoms with E-state index in [4.69, 9.17) is 18.9 Å². The van der Waals surface area contributed by atoms with Crippen molar-refractivity contribution in [2.75, 3.05) is 19.8 Å². The van der Waals surface area contributed by atoms with E-state index in [1.807, 2.05) is 30.3 Å². The Kier molecular flexibility index (Phi) is 9.31. The van der Waals surface area contributed by atoms with E-state index in [2.05, 4.69) is 0 Å². The maximum Gasteiger partial charge on any atom is 0.306 e. The van der Waals surface area contributed by atoms with Gasteiger partial charge in [0.2, 0.25) is 0 Å². The van der Waals surface area contributed by atoms with Gasteiger partial charge in [-0.05, 0) is 50.0 Å². The SMILES string of the molecule is CCOC(=O)C[C@H]1C[C@@H](OC2CCCCO2)[C@H](COCc2ccccc2)[C@H]1CC(=O)O. The van der Waals surface area contributed by atoms with Gasteiger partial charge in [-0.3, -0.25) is 9.59 Å². The van der Waals surface area contributed by atoms with Gasteiger partial charge in [0.15, 0.2) is 6.29 Å². The van der Waals surface area contributed by atoms with Gasteiger partial charge in [-0.15, -0.1) is 0 Å². The molecule has 2 aliphatic rings. The van der Waals surface area contributed by atoms with Crippen molar-refractivity contribution in [1.82, 2.24) is 0 Å². The van der Waals surface area contributed by atoms with Crippen LogP contribution in [0, 0.1) is 17.8 Å². The quantitative estimate of drug-likeness (QED) is 0.530. The lowest BCUT2D eigenvalue weighted by molar-refractivity contribution is -0.199. The van der Waals surface area contributed by atoms with Crippen LogP contribution in [0.25, 0.3) is 0 Å². The third-order valence-corrected chi connectivity index (χ3v) is 6.20. The molecular formula is C24H34O7. The summed E-state index contributed by atoms with van der Waals surface area (Å²) >= 11 is 0. The summed E-state index contributed by atoms with van der Waals surface area (Å²) in [5, 5.41) is 9.54. The molecule has 1 aromatic carbocycles. The second kappa shape index (κ2) is 12.2. The lowest BCUT2D eigenvalue weighted by atomic mass is 9.85. The zero-order chi connectivity index (χ0) is 22.1. The molecule has 1 heterocycles. The summed E-state index contributed by atoms with van der Waals surface area (Å²) in [5.74, 6) is -1.62. The fraction of sp³-hybridized carbons (Fsp3) is 0.667. The second-order valence-electron chi connectivity index (χ2n) is 8.40. The third kappa shape index (κ3) is 7.30. The zero-order valence-corrected chi connectivity index (χ0v) is 18.2. The van der Waals surface area contributed by atoms with E-state index in [9.17, 15) is 14.7 Å². The molecule has 0 radical (unpaired) electrons. The summed E-state index contributed by atoms with van der Waals surface area (Å²) in [4.78, 5) is 23.8. The van der Waals surface area contributed by atoms with Crippen molar-refractivity contribution in [3.05, 3.63) is 35.9 Å². The molecular weight excluding hydrogens is 400 g/mol. The summed E-state index contributed by atoms with van der Waals surface area (Å²) in [7, 11) is 0. The van der Waals surface area contributed by atoms with Gasteiger partial charge in [-0.1, -0.05) is 30.3 Å². The van der Waals surface area contributed by atoms with E-state index in [1.165, 1.54) is 0 Å². The molecule has 31 heavy (non-hydrogen) atoms. The monoisotopic (exact) mass is 434 g/mol. The highest BCUT2D eigenvalue weighted by Crippen LogP contribution is 2.44. The first-order valence-corrected chi connectivity index (χ1v) is 11.3. The van der Waals surface area contributed by atoms with Crippen LogP contribution in [0.4, 0.5) is 0 Å². The van der Waals surface area contributed by atoms with E-state index in [-0.39, 0.29) is 49.0 Å². The van der Waals surface area contributed by atoms with E-state index >= 15 is 0 Å². The van der Waals surface area contributed by atoms with Crippen LogP contribution < -0.4 is 0 Å².